The Morgan fingerprint density at radius 3 is 1.98 bits per heavy atom. The van der Waals surface area contributed by atoms with Gasteiger partial charge in [0.1, 0.15) is 17.8 Å². The number of ether oxygens (including phenoxy) is 2. The van der Waals surface area contributed by atoms with Crippen LogP contribution in [0.5, 0.6) is 0 Å². The minimum absolute atomic E-state index is 0.0179. The van der Waals surface area contributed by atoms with Gasteiger partial charge in [0, 0.05) is 57.6 Å². The molecular weight excluding hydrogens is 688 g/mol. The molecule has 6 aromatic rings. The second kappa shape index (κ2) is 14.3. The third kappa shape index (κ3) is 6.36. The molecule has 1 aromatic carbocycles. The number of esters is 1. The molecular formula is C35H38N10O8. The van der Waals surface area contributed by atoms with E-state index in [1.54, 1.807) is 19.3 Å². The lowest BCUT2D eigenvalue weighted by Crippen LogP contribution is -2.43. The van der Waals surface area contributed by atoms with Crippen molar-refractivity contribution in [2.45, 2.75) is 51.2 Å². The van der Waals surface area contributed by atoms with Crippen LogP contribution in [0.4, 0.5) is 4.79 Å². The third-order valence-corrected chi connectivity index (χ3v) is 9.45. The van der Waals surface area contributed by atoms with Gasteiger partial charge in [0.25, 0.3) is 11.1 Å². The number of carbonyl (C=O) groups is 2. The molecule has 1 amide bonds. The minimum atomic E-state index is -1.23. The fraction of sp³-hybridized carbons (Fsp3) is 0.371. The summed E-state index contributed by atoms with van der Waals surface area (Å²) in [5.41, 5.74) is 0.909. The number of nitrogens with zero attached hydrogens (tertiary/aromatic N) is 8. The number of fused-ring (bicyclic) bond motifs is 3. The van der Waals surface area contributed by atoms with E-state index in [-0.39, 0.29) is 46.8 Å². The van der Waals surface area contributed by atoms with Crippen LogP contribution in [0.1, 0.15) is 61.2 Å². The quantitative estimate of drug-likeness (QED) is 0.191. The van der Waals surface area contributed by atoms with Crippen LogP contribution in [-0.4, -0.2) is 68.4 Å². The second-order valence-corrected chi connectivity index (χ2v) is 12.6. The van der Waals surface area contributed by atoms with E-state index in [2.05, 4.69) is 25.3 Å². The standard InChI is InChI=1S/C35H38N10O8/c1-8-18(22-15-37-28-26(39-22)30(46)44(5)34(50)42(28)3)19-11-10-12-20-25(19)17(14-36-20)13-21(41-33(49)52-7)32(48)53-24(9-2)23-16-38-29-27(40-23)31(47)45(6)35(51)43(29)4/h10-12,14-16,18,21,24,36H,8-9,13H2,1-7H3,(H,41,49). The maximum atomic E-state index is 13.9. The average molecular weight is 727 g/mol. The molecule has 0 aliphatic heterocycles. The number of methoxy groups -OCH3 is 1. The van der Waals surface area contributed by atoms with Gasteiger partial charge in [-0.3, -0.25) is 27.9 Å². The molecule has 53 heavy (non-hydrogen) atoms. The lowest BCUT2D eigenvalue weighted by Gasteiger charge is -2.22. The van der Waals surface area contributed by atoms with Crippen LogP contribution in [0.3, 0.4) is 0 Å². The first-order valence-electron chi connectivity index (χ1n) is 16.8. The number of aryl methyl sites for hydroxylation is 2. The number of H-pyrrole nitrogens is 1. The normalized spacial score (nSPS) is 13.3. The lowest BCUT2D eigenvalue weighted by molar-refractivity contribution is -0.152. The Morgan fingerprint density at radius 2 is 1.42 bits per heavy atom. The maximum absolute atomic E-state index is 13.9. The van der Waals surface area contributed by atoms with E-state index in [0.29, 0.717) is 17.7 Å². The highest BCUT2D eigenvalue weighted by Crippen LogP contribution is 2.35. The lowest BCUT2D eigenvalue weighted by atomic mass is 9.88. The van der Waals surface area contributed by atoms with Gasteiger partial charge in [0.05, 0.1) is 25.2 Å². The molecule has 0 saturated heterocycles. The van der Waals surface area contributed by atoms with E-state index >= 15 is 0 Å². The van der Waals surface area contributed by atoms with Crippen molar-refractivity contribution >= 4 is 45.3 Å². The number of amides is 1. The predicted octanol–water partition coefficient (Wildman–Crippen LogP) is 1.35. The number of nitrogens with one attached hydrogen (secondary N) is 2. The van der Waals surface area contributed by atoms with Crippen LogP contribution >= 0.6 is 0 Å². The molecule has 3 unspecified atom stereocenters. The first kappa shape index (κ1) is 36.3. The summed E-state index contributed by atoms with van der Waals surface area (Å²) in [6.45, 7) is 3.73. The Hall–Kier alpha value is -6.46. The van der Waals surface area contributed by atoms with Gasteiger partial charge < -0.3 is 19.8 Å². The third-order valence-electron chi connectivity index (χ3n) is 9.45. The number of hydrogen-bond acceptors (Lipinski definition) is 12. The highest BCUT2D eigenvalue weighted by atomic mass is 16.6. The van der Waals surface area contributed by atoms with Crippen molar-refractivity contribution in [3.05, 3.63) is 101 Å². The summed E-state index contributed by atoms with van der Waals surface area (Å²) >= 11 is 0. The molecule has 0 aliphatic rings. The molecule has 5 aromatic heterocycles. The average Bonchev–Trinajstić information content (AvgIpc) is 3.59. The summed E-state index contributed by atoms with van der Waals surface area (Å²) in [6.07, 6.45) is 3.61. The van der Waals surface area contributed by atoms with Crippen molar-refractivity contribution < 1.29 is 19.1 Å². The second-order valence-electron chi connectivity index (χ2n) is 12.6. The van der Waals surface area contributed by atoms with E-state index in [1.165, 1.54) is 50.6 Å². The smallest absolute Gasteiger partial charge is 0.407 e. The highest BCUT2D eigenvalue weighted by Gasteiger charge is 2.30. The van der Waals surface area contributed by atoms with E-state index < -0.39 is 46.7 Å². The van der Waals surface area contributed by atoms with Crippen molar-refractivity contribution in [1.29, 1.82) is 0 Å². The van der Waals surface area contributed by atoms with Crippen molar-refractivity contribution in [3.63, 3.8) is 0 Å². The van der Waals surface area contributed by atoms with E-state index in [9.17, 15) is 28.8 Å². The largest absolute Gasteiger partial charge is 0.454 e. The SMILES string of the molecule is CCC(OC(=O)C(Cc1c[nH]c2cccc(C(CC)c3cnc4c(n3)c(=O)n(C)c(=O)n4C)c12)NC(=O)OC)c1cnc2c(n1)c(=O)n(C)c(=O)n2C. The molecule has 0 radical (unpaired) electrons. The summed E-state index contributed by atoms with van der Waals surface area (Å²) in [6, 6.07) is 4.44. The Labute approximate surface area is 300 Å². The van der Waals surface area contributed by atoms with Gasteiger partial charge in [0.15, 0.2) is 22.3 Å². The Morgan fingerprint density at radius 1 is 0.830 bits per heavy atom. The van der Waals surface area contributed by atoms with E-state index in [1.807, 2.05) is 25.1 Å². The monoisotopic (exact) mass is 726 g/mol. The van der Waals surface area contributed by atoms with Gasteiger partial charge in [-0.1, -0.05) is 26.0 Å². The van der Waals surface area contributed by atoms with Gasteiger partial charge in [-0.05, 0) is 30.0 Å². The summed E-state index contributed by atoms with van der Waals surface area (Å²) in [5, 5.41) is 3.35. The molecule has 276 valence electrons. The molecule has 6 rings (SSSR count). The Balaban J connectivity index is 1.36. The van der Waals surface area contributed by atoms with Crippen LogP contribution in [-0.2, 0) is 48.9 Å². The van der Waals surface area contributed by atoms with Gasteiger partial charge in [0.2, 0.25) is 0 Å². The van der Waals surface area contributed by atoms with Crippen molar-refractivity contribution in [2.75, 3.05) is 7.11 Å². The maximum Gasteiger partial charge on any atom is 0.407 e. The van der Waals surface area contributed by atoms with Crippen LogP contribution < -0.4 is 27.8 Å². The molecule has 2 N–H and O–H groups in total. The fourth-order valence-corrected chi connectivity index (χ4v) is 6.53. The fourth-order valence-electron chi connectivity index (χ4n) is 6.53. The molecule has 0 saturated carbocycles. The number of alkyl carbamates (subject to hydrolysis) is 1. The van der Waals surface area contributed by atoms with E-state index in [0.717, 1.165) is 25.6 Å². The molecule has 0 bridgehead atoms. The van der Waals surface area contributed by atoms with Gasteiger partial charge in [-0.2, -0.15) is 0 Å². The molecule has 0 spiro atoms. The number of rotatable bonds is 10. The molecule has 18 heteroatoms. The molecule has 0 fully saturated rings. The van der Waals surface area contributed by atoms with Crippen LogP contribution in [0.2, 0.25) is 0 Å². The first-order chi connectivity index (χ1) is 25.3. The van der Waals surface area contributed by atoms with Crippen molar-refractivity contribution in [1.82, 2.24) is 48.5 Å². The topological polar surface area (TPSA) is 220 Å². The Kier molecular flexibility index (Phi) is 9.79. The van der Waals surface area contributed by atoms with Gasteiger partial charge >= 0.3 is 23.4 Å². The zero-order valence-electron chi connectivity index (χ0n) is 30.2. The minimum Gasteiger partial charge on any atom is -0.454 e. The van der Waals surface area contributed by atoms with Gasteiger partial charge in [-0.25, -0.2) is 39.1 Å². The number of hydrogen-bond donors (Lipinski definition) is 2. The zero-order chi connectivity index (χ0) is 38.3. The number of benzene rings is 1. The summed E-state index contributed by atoms with van der Waals surface area (Å²) < 4.78 is 15.1. The zero-order valence-corrected chi connectivity index (χ0v) is 30.2. The van der Waals surface area contributed by atoms with Crippen LogP contribution in [0.15, 0.2) is 56.0 Å². The number of aromatic amines is 1. The van der Waals surface area contributed by atoms with Gasteiger partial charge in [-0.15, -0.1) is 0 Å². The Bertz CT molecular complexity index is 2670. The molecule has 18 nitrogen and oxygen atoms in total. The van der Waals surface area contributed by atoms with Crippen LogP contribution in [0.25, 0.3) is 33.2 Å². The first-order valence-corrected chi connectivity index (χ1v) is 16.8. The summed E-state index contributed by atoms with van der Waals surface area (Å²) in [5.74, 6) is -1.15. The van der Waals surface area contributed by atoms with Crippen molar-refractivity contribution in [3.8, 4) is 0 Å². The van der Waals surface area contributed by atoms with E-state index in [4.69, 9.17) is 14.5 Å². The molecule has 5 heterocycles. The molecule has 0 aliphatic carbocycles. The summed E-state index contributed by atoms with van der Waals surface area (Å²) in [4.78, 5) is 98.3. The molecule has 3 atom stereocenters. The summed E-state index contributed by atoms with van der Waals surface area (Å²) in [7, 11) is 6.89. The van der Waals surface area contributed by atoms with Crippen LogP contribution in [0, 0.1) is 0 Å². The number of aromatic nitrogens is 9. The number of carbonyl (C=O) groups excluding carboxylic acids is 2. The van der Waals surface area contributed by atoms with Crippen molar-refractivity contribution in [2.24, 2.45) is 28.2 Å². The predicted molar refractivity (Wildman–Crippen MR) is 193 cm³/mol. The highest BCUT2D eigenvalue weighted by molar-refractivity contribution is 5.89.